The summed E-state index contributed by atoms with van der Waals surface area (Å²) in [6.07, 6.45) is 0.259. The van der Waals surface area contributed by atoms with Gasteiger partial charge in [0.2, 0.25) is 5.67 Å². The molecule has 1 aromatic rings. The van der Waals surface area contributed by atoms with Crippen LogP contribution in [0.4, 0.5) is 15.8 Å². The van der Waals surface area contributed by atoms with Gasteiger partial charge in [0.05, 0.1) is 11.4 Å². The molecule has 1 N–H and O–H groups in total. The molecule has 21 heavy (non-hydrogen) atoms. The number of halogens is 1. The van der Waals surface area contributed by atoms with Gasteiger partial charge >= 0.3 is 0 Å². The van der Waals surface area contributed by atoms with Gasteiger partial charge in [-0.3, -0.25) is 4.79 Å². The van der Waals surface area contributed by atoms with Gasteiger partial charge < -0.3 is 15.1 Å². The lowest BCUT2D eigenvalue weighted by Crippen LogP contribution is -2.49. The topological polar surface area (TPSA) is 35.6 Å². The minimum atomic E-state index is -1.77. The van der Waals surface area contributed by atoms with Crippen molar-refractivity contribution in [2.24, 2.45) is 5.92 Å². The first-order valence-corrected chi connectivity index (χ1v) is 7.53. The van der Waals surface area contributed by atoms with Gasteiger partial charge in [-0.1, -0.05) is 19.1 Å². The molecule has 3 rings (SSSR count). The lowest BCUT2D eigenvalue weighted by atomic mass is 10.0. The summed E-state index contributed by atoms with van der Waals surface area (Å²) in [4.78, 5) is 16.6. The van der Waals surface area contributed by atoms with Crippen LogP contribution >= 0.6 is 0 Å². The molecule has 2 heterocycles. The fourth-order valence-electron chi connectivity index (χ4n) is 3.33. The Balaban J connectivity index is 2.00. The second-order valence-electron chi connectivity index (χ2n) is 6.28. The van der Waals surface area contributed by atoms with E-state index in [1.165, 1.54) is 0 Å². The fraction of sp³-hybridized carbons (Fsp3) is 0.562. The predicted molar refractivity (Wildman–Crippen MR) is 82.6 cm³/mol. The normalized spacial score (nSPS) is 29.2. The van der Waals surface area contributed by atoms with Crippen LogP contribution in [-0.2, 0) is 4.79 Å². The number of amides is 1. The molecule has 0 unspecified atom stereocenters. The van der Waals surface area contributed by atoms with Crippen LogP contribution in [-0.4, -0.2) is 44.8 Å². The maximum absolute atomic E-state index is 14.9. The highest BCUT2D eigenvalue weighted by atomic mass is 19.1. The second-order valence-corrected chi connectivity index (χ2v) is 6.28. The maximum Gasteiger partial charge on any atom is 0.266 e. The molecule has 1 fully saturated rings. The Hall–Kier alpha value is -1.62. The molecule has 0 aromatic heterocycles. The first-order chi connectivity index (χ1) is 10.0. The minimum absolute atomic E-state index is 0.120. The summed E-state index contributed by atoms with van der Waals surface area (Å²) >= 11 is 0. The van der Waals surface area contributed by atoms with Crippen LogP contribution in [0.25, 0.3) is 0 Å². The van der Waals surface area contributed by atoms with Gasteiger partial charge in [0, 0.05) is 33.1 Å². The van der Waals surface area contributed by atoms with Crippen molar-refractivity contribution in [2.75, 3.05) is 43.0 Å². The number of alkyl halides is 1. The molecule has 2 atom stereocenters. The zero-order chi connectivity index (χ0) is 15.0. The largest absolute Gasteiger partial charge is 0.373 e. The Labute approximate surface area is 124 Å². The van der Waals surface area contributed by atoms with Gasteiger partial charge in [0.25, 0.3) is 5.91 Å². The standard InChI is InChI=1S/C16H22FN3O/c1-12-9-19(2)13-5-3-4-6-14(13)20(10-12)15(21)16(17)7-8-18-11-16/h3-6,12,18H,7-11H2,1-2H3/t12-,16+/m0/s1. The molecule has 1 saturated heterocycles. The van der Waals surface area contributed by atoms with Gasteiger partial charge in [-0.15, -0.1) is 0 Å². The quantitative estimate of drug-likeness (QED) is 0.857. The molecule has 5 heteroatoms. The van der Waals surface area contributed by atoms with Gasteiger partial charge in [0.15, 0.2) is 0 Å². The number of anilines is 2. The smallest absolute Gasteiger partial charge is 0.266 e. The molecule has 0 saturated carbocycles. The van der Waals surface area contributed by atoms with E-state index in [1.54, 1.807) is 4.90 Å². The molecule has 2 aliphatic heterocycles. The molecule has 1 aromatic carbocycles. The first kappa shape index (κ1) is 14.3. The Morgan fingerprint density at radius 2 is 2.05 bits per heavy atom. The SMILES string of the molecule is C[C@H]1CN(C)c2ccccc2N(C(=O)[C@@]2(F)CCNC2)C1. The van der Waals surface area contributed by atoms with E-state index in [0.29, 0.717) is 19.0 Å². The number of para-hydroxylation sites is 2. The van der Waals surface area contributed by atoms with Crippen LogP contribution in [0, 0.1) is 5.92 Å². The van der Waals surface area contributed by atoms with Gasteiger partial charge in [-0.05, 0) is 24.6 Å². The van der Waals surface area contributed by atoms with E-state index < -0.39 is 11.6 Å². The van der Waals surface area contributed by atoms with Crippen molar-refractivity contribution in [3.63, 3.8) is 0 Å². The number of carbonyl (C=O) groups is 1. The summed E-state index contributed by atoms with van der Waals surface area (Å²) < 4.78 is 14.9. The average molecular weight is 291 g/mol. The second kappa shape index (κ2) is 5.30. The highest BCUT2D eigenvalue weighted by Crippen LogP contribution is 2.35. The number of hydrogen-bond acceptors (Lipinski definition) is 3. The summed E-state index contributed by atoms with van der Waals surface area (Å²) in [5.41, 5.74) is 0.0402. The number of rotatable bonds is 1. The van der Waals surface area contributed by atoms with E-state index in [2.05, 4.69) is 17.1 Å². The lowest BCUT2D eigenvalue weighted by molar-refractivity contribution is -0.129. The van der Waals surface area contributed by atoms with Crippen LogP contribution < -0.4 is 15.1 Å². The van der Waals surface area contributed by atoms with Crippen LogP contribution in [0.5, 0.6) is 0 Å². The highest BCUT2D eigenvalue weighted by Gasteiger charge is 2.45. The molecule has 0 radical (unpaired) electrons. The third-order valence-electron chi connectivity index (χ3n) is 4.40. The molecule has 1 amide bonds. The van der Waals surface area contributed by atoms with Crippen LogP contribution in [0.3, 0.4) is 0 Å². The van der Waals surface area contributed by atoms with Crippen molar-refractivity contribution in [2.45, 2.75) is 19.0 Å². The Kier molecular flexibility index (Phi) is 3.61. The van der Waals surface area contributed by atoms with Crippen molar-refractivity contribution in [1.82, 2.24) is 5.32 Å². The molecule has 0 spiro atoms. The van der Waals surface area contributed by atoms with Crippen molar-refractivity contribution in [1.29, 1.82) is 0 Å². The van der Waals surface area contributed by atoms with E-state index in [-0.39, 0.29) is 13.0 Å². The van der Waals surface area contributed by atoms with E-state index >= 15 is 0 Å². The molecule has 4 nitrogen and oxygen atoms in total. The van der Waals surface area contributed by atoms with Crippen molar-refractivity contribution in [3.05, 3.63) is 24.3 Å². The van der Waals surface area contributed by atoms with E-state index in [1.807, 2.05) is 31.3 Å². The number of hydrogen-bond donors (Lipinski definition) is 1. The monoisotopic (exact) mass is 291 g/mol. The van der Waals surface area contributed by atoms with Crippen LogP contribution in [0.1, 0.15) is 13.3 Å². The molecular weight excluding hydrogens is 269 g/mol. The number of fused-ring (bicyclic) bond motifs is 1. The molecule has 0 aliphatic carbocycles. The van der Waals surface area contributed by atoms with Crippen molar-refractivity contribution < 1.29 is 9.18 Å². The summed E-state index contributed by atoms with van der Waals surface area (Å²) in [6.45, 7) is 4.20. The Morgan fingerprint density at radius 3 is 2.71 bits per heavy atom. The summed E-state index contributed by atoms with van der Waals surface area (Å²) in [6, 6.07) is 7.76. The molecule has 2 aliphatic rings. The minimum Gasteiger partial charge on any atom is -0.373 e. The highest BCUT2D eigenvalue weighted by molar-refractivity contribution is 6.02. The molecule has 114 valence electrons. The lowest BCUT2D eigenvalue weighted by Gasteiger charge is -2.29. The summed E-state index contributed by atoms with van der Waals surface area (Å²) in [7, 11) is 2.02. The van der Waals surface area contributed by atoms with Crippen molar-refractivity contribution >= 4 is 17.3 Å². The first-order valence-electron chi connectivity index (χ1n) is 7.53. The van der Waals surface area contributed by atoms with Crippen molar-refractivity contribution in [3.8, 4) is 0 Å². The van der Waals surface area contributed by atoms with E-state index in [4.69, 9.17) is 0 Å². The summed E-state index contributed by atoms with van der Waals surface area (Å²) in [5, 5.41) is 2.96. The maximum atomic E-state index is 14.9. The van der Waals surface area contributed by atoms with Crippen LogP contribution in [0.15, 0.2) is 24.3 Å². The number of nitrogens with zero attached hydrogens (tertiary/aromatic N) is 2. The third kappa shape index (κ3) is 2.50. The Morgan fingerprint density at radius 1 is 1.33 bits per heavy atom. The zero-order valence-electron chi connectivity index (χ0n) is 12.6. The average Bonchev–Trinajstić information content (AvgIpc) is 2.87. The van der Waals surface area contributed by atoms with Gasteiger partial charge in [-0.2, -0.15) is 0 Å². The Bertz CT molecular complexity index is 542. The number of benzene rings is 1. The molecular formula is C16H22FN3O. The van der Waals surface area contributed by atoms with Gasteiger partial charge in [-0.25, -0.2) is 4.39 Å². The van der Waals surface area contributed by atoms with Gasteiger partial charge in [0.1, 0.15) is 0 Å². The van der Waals surface area contributed by atoms with E-state index in [9.17, 15) is 9.18 Å². The van der Waals surface area contributed by atoms with Crippen LogP contribution in [0.2, 0.25) is 0 Å². The zero-order valence-corrected chi connectivity index (χ0v) is 12.6. The fourth-order valence-corrected chi connectivity index (χ4v) is 3.33. The third-order valence-corrected chi connectivity index (χ3v) is 4.40. The summed E-state index contributed by atoms with van der Waals surface area (Å²) in [5.74, 6) is -0.105. The predicted octanol–water partition coefficient (Wildman–Crippen LogP) is 1.81. The molecule has 0 bridgehead atoms. The number of nitrogens with one attached hydrogen (secondary N) is 1. The number of carbonyl (C=O) groups excluding carboxylic acids is 1. The van der Waals surface area contributed by atoms with E-state index in [0.717, 1.165) is 17.9 Å².